The van der Waals surface area contributed by atoms with Gasteiger partial charge in [0.05, 0.1) is 17.0 Å². The molecule has 32 heavy (non-hydrogen) atoms. The van der Waals surface area contributed by atoms with Gasteiger partial charge >= 0.3 is 0 Å². The molecule has 3 heterocycles. The van der Waals surface area contributed by atoms with E-state index in [1.54, 1.807) is 17.4 Å². The maximum Gasteiger partial charge on any atom is 0.253 e. The largest absolute Gasteiger partial charge is 0.440 e. The molecule has 0 aliphatic carbocycles. The molecule has 1 fully saturated rings. The highest BCUT2D eigenvalue weighted by Crippen LogP contribution is 2.27. The van der Waals surface area contributed by atoms with Crippen molar-refractivity contribution in [1.29, 1.82) is 0 Å². The lowest BCUT2D eigenvalue weighted by Crippen LogP contribution is -2.42. The molecule has 2 unspecified atom stereocenters. The number of amides is 2. The molecule has 0 bridgehead atoms. The quantitative estimate of drug-likeness (QED) is 0.570. The summed E-state index contributed by atoms with van der Waals surface area (Å²) in [6, 6.07) is 9.39. The Bertz CT molecular complexity index is 1110. The molecule has 7 heteroatoms. The summed E-state index contributed by atoms with van der Waals surface area (Å²) in [5, 5.41) is 4.92. The molecule has 6 nitrogen and oxygen atoms in total. The number of nitrogens with one attached hydrogen (secondary N) is 1. The normalized spacial score (nSPS) is 18.6. The van der Waals surface area contributed by atoms with Crippen LogP contribution < -0.4 is 5.32 Å². The molecule has 0 spiro atoms. The Hall–Kier alpha value is -2.93. The van der Waals surface area contributed by atoms with Gasteiger partial charge in [0.2, 0.25) is 11.8 Å². The Kier molecular flexibility index (Phi) is 6.46. The van der Waals surface area contributed by atoms with Crippen molar-refractivity contribution in [3.05, 3.63) is 58.3 Å². The number of likely N-dealkylation sites (tertiary alicyclic amines) is 1. The summed E-state index contributed by atoms with van der Waals surface area (Å²) in [6.45, 7) is 9.66. The van der Waals surface area contributed by atoms with Crippen molar-refractivity contribution < 1.29 is 14.0 Å². The van der Waals surface area contributed by atoms with Gasteiger partial charge in [0, 0.05) is 24.3 Å². The number of benzene rings is 1. The van der Waals surface area contributed by atoms with Gasteiger partial charge in [0.25, 0.3) is 5.91 Å². The molecule has 3 aromatic rings. The topological polar surface area (TPSA) is 75.4 Å². The molecule has 1 aliphatic heterocycles. The zero-order valence-electron chi connectivity index (χ0n) is 19.0. The number of carbonyl (C=O) groups is 2. The molecule has 4 rings (SSSR count). The van der Waals surface area contributed by atoms with E-state index in [-0.39, 0.29) is 18.2 Å². The second kappa shape index (κ2) is 9.28. The van der Waals surface area contributed by atoms with Gasteiger partial charge in [-0.1, -0.05) is 26.0 Å². The number of hydrogen-bond acceptors (Lipinski definition) is 5. The van der Waals surface area contributed by atoms with Crippen LogP contribution in [-0.4, -0.2) is 34.8 Å². The van der Waals surface area contributed by atoms with Gasteiger partial charge in [-0.2, -0.15) is 0 Å². The van der Waals surface area contributed by atoms with Crippen molar-refractivity contribution in [2.75, 3.05) is 18.4 Å². The number of oxazole rings is 1. The molecule has 0 saturated carbocycles. The monoisotopic (exact) mass is 451 g/mol. The third-order valence-electron chi connectivity index (χ3n) is 5.87. The highest BCUT2D eigenvalue weighted by atomic mass is 32.1. The van der Waals surface area contributed by atoms with E-state index in [4.69, 9.17) is 4.42 Å². The average Bonchev–Trinajstić information content (AvgIpc) is 3.39. The fourth-order valence-electron chi connectivity index (χ4n) is 4.35. The number of thiophene rings is 1. The van der Waals surface area contributed by atoms with E-state index < -0.39 is 0 Å². The number of hydrogen-bond donors (Lipinski definition) is 1. The summed E-state index contributed by atoms with van der Waals surface area (Å²) >= 11 is 1.54. The van der Waals surface area contributed by atoms with Crippen LogP contribution in [0.1, 0.15) is 47.6 Å². The minimum Gasteiger partial charge on any atom is -0.440 e. The van der Waals surface area contributed by atoms with Crippen LogP contribution in [0.25, 0.3) is 10.8 Å². The molecule has 1 aliphatic rings. The first-order chi connectivity index (χ1) is 15.3. The summed E-state index contributed by atoms with van der Waals surface area (Å²) in [6.07, 6.45) is 1.26. The molecule has 1 saturated heterocycles. The first kappa shape index (κ1) is 22.3. The van der Waals surface area contributed by atoms with Gasteiger partial charge in [0.1, 0.15) is 5.76 Å². The second-order valence-electron chi connectivity index (χ2n) is 8.91. The highest BCUT2D eigenvalue weighted by Gasteiger charge is 2.26. The Morgan fingerprint density at radius 3 is 2.62 bits per heavy atom. The van der Waals surface area contributed by atoms with Crippen LogP contribution in [0.4, 0.5) is 5.69 Å². The zero-order chi connectivity index (χ0) is 22.8. The lowest BCUT2D eigenvalue weighted by Gasteiger charge is -2.35. The van der Waals surface area contributed by atoms with Gasteiger partial charge in [-0.15, -0.1) is 11.3 Å². The smallest absolute Gasteiger partial charge is 0.253 e. The van der Waals surface area contributed by atoms with Crippen LogP contribution >= 0.6 is 11.3 Å². The van der Waals surface area contributed by atoms with Crippen molar-refractivity contribution in [3.63, 3.8) is 0 Å². The van der Waals surface area contributed by atoms with E-state index in [1.165, 1.54) is 0 Å². The fourth-order valence-corrected chi connectivity index (χ4v) is 4.99. The first-order valence-corrected chi connectivity index (χ1v) is 11.9. The maximum absolute atomic E-state index is 13.1. The minimum absolute atomic E-state index is 0.0202. The summed E-state index contributed by atoms with van der Waals surface area (Å²) in [5.74, 6) is 2.00. The summed E-state index contributed by atoms with van der Waals surface area (Å²) in [4.78, 5) is 33.2. The highest BCUT2D eigenvalue weighted by molar-refractivity contribution is 7.13. The van der Waals surface area contributed by atoms with Crippen molar-refractivity contribution >= 4 is 28.8 Å². The van der Waals surface area contributed by atoms with E-state index in [1.807, 2.05) is 48.4 Å². The van der Waals surface area contributed by atoms with Gasteiger partial charge in [-0.3, -0.25) is 9.59 Å². The van der Waals surface area contributed by atoms with Crippen molar-refractivity contribution in [1.82, 2.24) is 9.88 Å². The third kappa shape index (κ3) is 4.93. The third-order valence-corrected chi connectivity index (χ3v) is 6.73. The molecule has 2 amide bonds. The number of aryl methyl sites for hydroxylation is 2. The Morgan fingerprint density at radius 1 is 1.19 bits per heavy atom. The average molecular weight is 452 g/mol. The van der Waals surface area contributed by atoms with Crippen LogP contribution in [-0.2, 0) is 11.2 Å². The SMILES string of the molecule is Cc1ccc(C(=O)N2CC(C)CC(C)C2)cc1NC(=O)Cc1nc(-c2cccs2)oc1C. The molecule has 1 aromatic carbocycles. The van der Waals surface area contributed by atoms with Crippen LogP contribution in [0, 0.1) is 25.7 Å². The summed E-state index contributed by atoms with van der Waals surface area (Å²) < 4.78 is 5.74. The number of aromatic nitrogens is 1. The fraction of sp³-hybridized carbons (Fsp3) is 0.400. The molecular weight excluding hydrogens is 422 g/mol. The van der Waals surface area contributed by atoms with E-state index in [0.717, 1.165) is 30.0 Å². The van der Waals surface area contributed by atoms with E-state index in [9.17, 15) is 9.59 Å². The number of anilines is 1. The molecular formula is C25H29N3O3S. The summed E-state index contributed by atoms with van der Waals surface area (Å²) in [5.41, 5.74) is 2.78. The van der Waals surface area contributed by atoms with Crippen LogP contribution in [0.15, 0.2) is 40.1 Å². The minimum atomic E-state index is -0.188. The zero-order valence-corrected chi connectivity index (χ0v) is 19.8. The number of rotatable bonds is 5. The van der Waals surface area contributed by atoms with Crippen LogP contribution in [0.2, 0.25) is 0 Å². The standard InChI is InChI=1S/C25H29N3O3S/c1-15-10-16(2)14-28(13-15)25(30)19-8-7-17(3)20(11-19)26-23(29)12-21-18(4)31-24(27-21)22-6-5-9-32-22/h5-9,11,15-16H,10,12-14H2,1-4H3,(H,26,29). The van der Waals surface area contributed by atoms with Gasteiger partial charge in [-0.05, 0) is 61.2 Å². The predicted molar refractivity (Wildman–Crippen MR) is 127 cm³/mol. The van der Waals surface area contributed by atoms with Crippen molar-refractivity contribution in [2.45, 2.75) is 40.5 Å². The first-order valence-electron chi connectivity index (χ1n) is 11.0. The van der Waals surface area contributed by atoms with Crippen LogP contribution in [0.5, 0.6) is 0 Å². The molecule has 0 radical (unpaired) electrons. The van der Waals surface area contributed by atoms with Crippen molar-refractivity contribution in [2.24, 2.45) is 11.8 Å². The molecule has 168 valence electrons. The van der Waals surface area contributed by atoms with Gasteiger partial charge in [0.15, 0.2) is 0 Å². The van der Waals surface area contributed by atoms with Crippen molar-refractivity contribution in [3.8, 4) is 10.8 Å². The number of nitrogens with zero attached hydrogens (tertiary/aromatic N) is 2. The Labute approximate surface area is 192 Å². The van der Waals surface area contributed by atoms with Crippen LogP contribution in [0.3, 0.4) is 0 Å². The molecule has 2 aromatic heterocycles. The molecule has 2 atom stereocenters. The second-order valence-corrected chi connectivity index (χ2v) is 9.86. The maximum atomic E-state index is 13.1. The number of carbonyl (C=O) groups excluding carboxylic acids is 2. The predicted octanol–water partition coefficient (Wildman–Crippen LogP) is 5.32. The lowest BCUT2D eigenvalue weighted by molar-refractivity contribution is -0.115. The van der Waals surface area contributed by atoms with E-state index in [0.29, 0.717) is 40.4 Å². The lowest BCUT2D eigenvalue weighted by atomic mass is 9.91. The Morgan fingerprint density at radius 2 is 1.94 bits per heavy atom. The van der Waals surface area contributed by atoms with E-state index in [2.05, 4.69) is 24.1 Å². The molecule has 1 N–H and O–H groups in total. The van der Waals surface area contributed by atoms with E-state index >= 15 is 0 Å². The van der Waals surface area contributed by atoms with Gasteiger partial charge < -0.3 is 14.6 Å². The van der Waals surface area contributed by atoms with Gasteiger partial charge in [-0.25, -0.2) is 4.98 Å². The summed E-state index contributed by atoms with van der Waals surface area (Å²) in [7, 11) is 0. The Balaban J connectivity index is 1.46. The number of piperidine rings is 1.